The highest BCUT2D eigenvalue weighted by Gasteiger charge is 2.42. The molecule has 0 saturated heterocycles. The van der Waals surface area contributed by atoms with E-state index in [0.717, 1.165) is 16.0 Å². The minimum absolute atomic E-state index is 0.270. The number of aryl methyl sites for hydroxylation is 1. The first-order valence-electron chi connectivity index (χ1n) is 9.05. The van der Waals surface area contributed by atoms with Crippen molar-refractivity contribution >= 4 is 34.4 Å². The topological polar surface area (TPSA) is 40.6 Å². The Labute approximate surface area is 168 Å². The smallest absolute Gasteiger partial charge is 0.282 e. The molecule has 1 aromatic heterocycles. The maximum absolute atomic E-state index is 13.4. The van der Waals surface area contributed by atoms with Gasteiger partial charge in [0.1, 0.15) is 5.70 Å². The third-order valence-electron chi connectivity index (χ3n) is 4.73. The molecule has 5 heteroatoms. The van der Waals surface area contributed by atoms with Crippen LogP contribution in [0.3, 0.4) is 0 Å². The van der Waals surface area contributed by atoms with Crippen molar-refractivity contribution in [3.8, 4) is 0 Å². The molecule has 0 spiro atoms. The Morgan fingerprint density at radius 1 is 0.929 bits per heavy atom. The Morgan fingerprint density at radius 3 is 2.39 bits per heavy atom. The Kier molecular flexibility index (Phi) is 4.84. The highest BCUT2D eigenvalue weighted by Crippen LogP contribution is 2.36. The highest BCUT2D eigenvalue weighted by atomic mass is 32.1. The van der Waals surface area contributed by atoms with Gasteiger partial charge in [-0.05, 0) is 41.6 Å². The molecular weight excluding hydrogens is 368 g/mol. The summed E-state index contributed by atoms with van der Waals surface area (Å²) < 4.78 is 0. The summed E-state index contributed by atoms with van der Waals surface area (Å²) in [5, 5.41) is 1.92. The van der Waals surface area contributed by atoms with Gasteiger partial charge >= 0.3 is 0 Å². The number of rotatable bonds is 5. The summed E-state index contributed by atoms with van der Waals surface area (Å²) in [7, 11) is 1.86. The molecule has 0 radical (unpaired) electrons. The zero-order valence-electron chi connectivity index (χ0n) is 15.8. The van der Waals surface area contributed by atoms with Gasteiger partial charge in [0.05, 0.1) is 11.3 Å². The summed E-state index contributed by atoms with van der Waals surface area (Å²) in [5.41, 5.74) is 3.60. The molecule has 0 atom stereocenters. The minimum atomic E-state index is -0.280. The molecule has 0 fully saturated rings. The van der Waals surface area contributed by atoms with Crippen LogP contribution in [0.5, 0.6) is 0 Å². The maximum atomic E-state index is 13.4. The molecule has 1 aliphatic heterocycles. The SMILES string of the molecule is Cc1cccc(N2C(=O)C(c3cccs3)=C(N(C)Cc3ccccc3)C2=O)c1. The monoisotopic (exact) mass is 388 g/mol. The second-order valence-electron chi connectivity index (χ2n) is 6.83. The molecule has 2 heterocycles. The number of thiophene rings is 1. The number of amides is 2. The van der Waals surface area contributed by atoms with Crippen LogP contribution >= 0.6 is 11.3 Å². The van der Waals surface area contributed by atoms with E-state index in [1.54, 1.807) is 6.07 Å². The lowest BCUT2D eigenvalue weighted by atomic mass is 10.1. The van der Waals surface area contributed by atoms with Crippen molar-refractivity contribution in [1.29, 1.82) is 0 Å². The number of carbonyl (C=O) groups is 2. The van der Waals surface area contributed by atoms with E-state index >= 15 is 0 Å². The van der Waals surface area contributed by atoms with E-state index in [1.807, 2.05) is 84.9 Å². The number of hydrogen-bond donors (Lipinski definition) is 0. The largest absolute Gasteiger partial charge is 0.365 e. The Bertz CT molecular complexity index is 1060. The molecule has 3 aromatic rings. The van der Waals surface area contributed by atoms with Crippen LogP contribution in [0.15, 0.2) is 77.8 Å². The van der Waals surface area contributed by atoms with Crippen LogP contribution < -0.4 is 4.90 Å². The zero-order chi connectivity index (χ0) is 19.7. The predicted octanol–water partition coefficient (Wildman–Crippen LogP) is 4.47. The van der Waals surface area contributed by atoms with Crippen molar-refractivity contribution in [3.63, 3.8) is 0 Å². The first-order chi connectivity index (χ1) is 13.6. The van der Waals surface area contributed by atoms with Gasteiger partial charge in [0.2, 0.25) is 0 Å². The Balaban J connectivity index is 1.77. The summed E-state index contributed by atoms with van der Waals surface area (Å²) in [6.07, 6.45) is 0. The van der Waals surface area contributed by atoms with Crippen molar-refractivity contribution in [2.45, 2.75) is 13.5 Å². The van der Waals surface area contributed by atoms with Crippen molar-refractivity contribution < 1.29 is 9.59 Å². The fraction of sp³-hybridized carbons (Fsp3) is 0.130. The standard InChI is InChI=1S/C23H20N2O2S/c1-16-8-6-11-18(14-16)25-22(26)20(19-12-7-13-28-19)21(23(25)27)24(2)15-17-9-4-3-5-10-17/h3-14H,15H2,1-2H3. The quantitative estimate of drug-likeness (QED) is 0.606. The van der Waals surface area contributed by atoms with Gasteiger partial charge in [-0.15, -0.1) is 11.3 Å². The number of imide groups is 1. The van der Waals surface area contributed by atoms with E-state index in [2.05, 4.69) is 0 Å². The molecule has 2 aromatic carbocycles. The first-order valence-corrected chi connectivity index (χ1v) is 9.93. The number of likely N-dealkylation sites (N-methyl/N-ethyl adjacent to an activating group) is 1. The molecular formula is C23H20N2O2S. The molecule has 1 aliphatic rings. The van der Waals surface area contributed by atoms with Gasteiger partial charge in [0, 0.05) is 18.5 Å². The minimum Gasteiger partial charge on any atom is -0.365 e. The average Bonchev–Trinajstić information content (AvgIpc) is 3.28. The molecule has 2 amide bonds. The number of nitrogens with zero attached hydrogens (tertiary/aromatic N) is 2. The van der Waals surface area contributed by atoms with Crippen LogP contribution in [0.2, 0.25) is 0 Å². The molecule has 0 unspecified atom stereocenters. The molecule has 4 rings (SSSR count). The van der Waals surface area contributed by atoms with E-state index in [9.17, 15) is 9.59 Å². The van der Waals surface area contributed by atoms with Gasteiger partial charge in [-0.2, -0.15) is 0 Å². The maximum Gasteiger partial charge on any atom is 0.282 e. The van der Waals surface area contributed by atoms with Gasteiger partial charge in [-0.1, -0.05) is 48.5 Å². The van der Waals surface area contributed by atoms with Crippen LogP contribution in [0.25, 0.3) is 5.57 Å². The predicted molar refractivity (Wildman–Crippen MR) is 113 cm³/mol. The lowest BCUT2D eigenvalue weighted by Crippen LogP contribution is -2.34. The van der Waals surface area contributed by atoms with E-state index in [0.29, 0.717) is 23.5 Å². The number of hydrogen-bond acceptors (Lipinski definition) is 4. The normalized spacial score (nSPS) is 14.1. The van der Waals surface area contributed by atoms with Gasteiger partial charge in [0.15, 0.2) is 0 Å². The first kappa shape index (κ1) is 18.2. The fourth-order valence-corrected chi connectivity index (χ4v) is 4.22. The summed E-state index contributed by atoms with van der Waals surface area (Å²) in [4.78, 5) is 30.7. The summed E-state index contributed by atoms with van der Waals surface area (Å²) in [5.74, 6) is -0.551. The lowest BCUT2D eigenvalue weighted by molar-refractivity contribution is -0.120. The third kappa shape index (κ3) is 3.25. The molecule has 28 heavy (non-hydrogen) atoms. The van der Waals surface area contributed by atoms with Gasteiger partial charge in [-0.3, -0.25) is 9.59 Å². The third-order valence-corrected chi connectivity index (χ3v) is 5.62. The second kappa shape index (κ2) is 7.44. The van der Waals surface area contributed by atoms with E-state index in [1.165, 1.54) is 16.2 Å². The van der Waals surface area contributed by atoms with Crippen LogP contribution in [-0.4, -0.2) is 23.8 Å². The van der Waals surface area contributed by atoms with Crippen LogP contribution in [0.4, 0.5) is 5.69 Å². The molecule has 0 saturated carbocycles. The van der Waals surface area contributed by atoms with Crippen LogP contribution in [0.1, 0.15) is 16.0 Å². The summed E-state index contributed by atoms with van der Waals surface area (Å²) in [6, 6.07) is 21.2. The molecule has 0 aliphatic carbocycles. The van der Waals surface area contributed by atoms with Crippen molar-refractivity contribution in [2.24, 2.45) is 0 Å². The Hall–Kier alpha value is -3.18. The highest BCUT2D eigenvalue weighted by molar-refractivity contribution is 7.11. The summed E-state index contributed by atoms with van der Waals surface area (Å²) in [6.45, 7) is 2.50. The van der Waals surface area contributed by atoms with Crippen molar-refractivity contribution in [2.75, 3.05) is 11.9 Å². The molecule has 4 nitrogen and oxygen atoms in total. The van der Waals surface area contributed by atoms with Gasteiger partial charge in [-0.25, -0.2) is 4.90 Å². The fourth-order valence-electron chi connectivity index (χ4n) is 3.45. The van der Waals surface area contributed by atoms with Gasteiger partial charge < -0.3 is 4.90 Å². The van der Waals surface area contributed by atoms with E-state index in [4.69, 9.17) is 0 Å². The molecule has 0 bridgehead atoms. The second-order valence-corrected chi connectivity index (χ2v) is 7.77. The Morgan fingerprint density at radius 2 is 1.71 bits per heavy atom. The van der Waals surface area contributed by atoms with E-state index in [-0.39, 0.29) is 11.8 Å². The summed E-state index contributed by atoms with van der Waals surface area (Å²) >= 11 is 1.47. The van der Waals surface area contributed by atoms with Crippen molar-refractivity contribution in [3.05, 3.63) is 93.8 Å². The number of benzene rings is 2. The van der Waals surface area contributed by atoms with E-state index < -0.39 is 0 Å². The molecule has 140 valence electrons. The average molecular weight is 388 g/mol. The van der Waals surface area contributed by atoms with Gasteiger partial charge in [0.25, 0.3) is 11.8 Å². The van der Waals surface area contributed by atoms with Crippen LogP contribution in [-0.2, 0) is 16.1 Å². The lowest BCUT2D eigenvalue weighted by Gasteiger charge is -2.21. The number of anilines is 1. The number of carbonyl (C=O) groups excluding carboxylic acids is 2. The van der Waals surface area contributed by atoms with Crippen LogP contribution in [0, 0.1) is 6.92 Å². The van der Waals surface area contributed by atoms with Crippen molar-refractivity contribution in [1.82, 2.24) is 4.90 Å². The zero-order valence-corrected chi connectivity index (χ0v) is 16.6. The molecule has 0 N–H and O–H groups in total.